The van der Waals surface area contributed by atoms with E-state index >= 15 is 0 Å². The molecular weight excluding hydrogens is 200 g/mol. The fourth-order valence-electron chi connectivity index (χ4n) is 5.16. The van der Waals surface area contributed by atoms with Crippen LogP contribution in [0.1, 0.15) is 45.4 Å². The van der Waals surface area contributed by atoms with Crippen LogP contribution in [0.2, 0.25) is 0 Å². The smallest absolute Gasteiger partial charge is 0.0813 e. The van der Waals surface area contributed by atoms with Gasteiger partial charge in [-0.3, -0.25) is 11.3 Å². The van der Waals surface area contributed by atoms with Crippen molar-refractivity contribution < 1.29 is 5.11 Å². The van der Waals surface area contributed by atoms with E-state index in [0.29, 0.717) is 6.54 Å². The summed E-state index contributed by atoms with van der Waals surface area (Å²) in [4.78, 5) is 0. The maximum Gasteiger partial charge on any atom is 0.0813 e. The van der Waals surface area contributed by atoms with Crippen LogP contribution in [0.15, 0.2) is 0 Å². The van der Waals surface area contributed by atoms with Crippen LogP contribution in [0.25, 0.3) is 0 Å². The number of hydrogen-bond donors (Lipinski definition) is 3. The Morgan fingerprint density at radius 1 is 1.19 bits per heavy atom. The highest BCUT2D eigenvalue weighted by Crippen LogP contribution is 2.63. The number of hydrogen-bond acceptors (Lipinski definition) is 3. The van der Waals surface area contributed by atoms with E-state index < -0.39 is 5.60 Å². The van der Waals surface area contributed by atoms with Gasteiger partial charge in [0, 0.05) is 12.0 Å². The third kappa shape index (κ3) is 1.45. The third-order valence-corrected chi connectivity index (χ3v) is 5.63. The van der Waals surface area contributed by atoms with Gasteiger partial charge >= 0.3 is 0 Å². The fourth-order valence-corrected chi connectivity index (χ4v) is 5.16. The number of aliphatic hydroxyl groups is 1. The minimum atomic E-state index is -0.627. The summed E-state index contributed by atoms with van der Waals surface area (Å²) in [7, 11) is 0. The second-order valence-corrected chi connectivity index (χ2v) is 6.85. The zero-order valence-electron chi connectivity index (χ0n) is 10.2. The second kappa shape index (κ2) is 3.44. The third-order valence-electron chi connectivity index (χ3n) is 5.63. The summed E-state index contributed by atoms with van der Waals surface area (Å²) >= 11 is 0. The minimum absolute atomic E-state index is 0.161. The lowest BCUT2D eigenvalue weighted by Gasteiger charge is -2.61. The number of rotatable bonds is 3. The first-order valence-corrected chi connectivity index (χ1v) is 6.70. The van der Waals surface area contributed by atoms with E-state index in [-0.39, 0.29) is 5.41 Å². The maximum absolute atomic E-state index is 10.7. The minimum Gasteiger partial charge on any atom is -0.388 e. The summed E-state index contributed by atoms with van der Waals surface area (Å²) in [6.07, 6.45) is 7.96. The van der Waals surface area contributed by atoms with Gasteiger partial charge < -0.3 is 5.11 Å². The molecule has 3 heteroatoms. The molecule has 4 saturated carbocycles. The molecule has 0 heterocycles. The molecule has 3 nitrogen and oxygen atoms in total. The topological polar surface area (TPSA) is 58.3 Å². The van der Waals surface area contributed by atoms with Crippen LogP contribution in [0.4, 0.5) is 0 Å². The van der Waals surface area contributed by atoms with Gasteiger partial charge in [0.05, 0.1) is 5.60 Å². The van der Waals surface area contributed by atoms with Crippen LogP contribution in [0, 0.1) is 23.2 Å². The lowest BCUT2D eigenvalue weighted by Crippen LogP contribution is -2.61. The fraction of sp³-hybridized carbons (Fsp3) is 1.00. The maximum atomic E-state index is 10.7. The zero-order chi connectivity index (χ0) is 11.4. The Balaban J connectivity index is 1.88. The molecule has 0 radical (unpaired) electrons. The van der Waals surface area contributed by atoms with Gasteiger partial charge in [-0.1, -0.05) is 0 Å². The second-order valence-electron chi connectivity index (χ2n) is 6.85. The highest BCUT2D eigenvalue weighted by molar-refractivity contribution is 5.09. The summed E-state index contributed by atoms with van der Waals surface area (Å²) < 4.78 is 0. The standard InChI is InChI=1S/C13H24N2O/c1-12(16,8-15-14)13-5-9-2-10(6-13)4-11(3-9)7-13/h9-11,15-16H,2-8,14H2,1H3. The van der Waals surface area contributed by atoms with E-state index in [1.54, 1.807) is 0 Å². The van der Waals surface area contributed by atoms with Gasteiger partial charge in [0.2, 0.25) is 0 Å². The van der Waals surface area contributed by atoms with Crippen molar-refractivity contribution in [2.75, 3.05) is 6.54 Å². The van der Waals surface area contributed by atoms with E-state index in [0.717, 1.165) is 17.8 Å². The molecule has 4 N–H and O–H groups in total. The van der Waals surface area contributed by atoms with Crippen LogP contribution in [-0.4, -0.2) is 17.3 Å². The van der Waals surface area contributed by atoms with Crippen molar-refractivity contribution in [3.05, 3.63) is 0 Å². The van der Waals surface area contributed by atoms with E-state index in [2.05, 4.69) is 5.43 Å². The Kier molecular flexibility index (Phi) is 2.36. The lowest BCUT2D eigenvalue weighted by molar-refractivity contribution is -0.168. The Bertz CT molecular complexity index is 252. The van der Waals surface area contributed by atoms with Crippen LogP contribution in [0.3, 0.4) is 0 Å². The number of hydrazine groups is 1. The quantitative estimate of drug-likeness (QED) is 0.502. The molecule has 0 amide bonds. The first-order valence-electron chi connectivity index (χ1n) is 6.70. The molecule has 0 aromatic heterocycles. The van der Waals surface area contributed by atoms with Crippen molar-refractivity contribution in [1.82, 2.24) is 5.43 Å². The first-order chi connectivity index (χ1) is 7.55. The van der Waals surface area contributed by atoms with E-state index in [1.165, 1.54) is 38.5 Å². The number of nitrogens with one attached hydrogen (secondary N) is 1. The van der Waals surface area contributed by atoms with Crippen LogP contribution >= 0.6 is 0 Å². The molecule has 0 spiro atoms. The van der Waals surface area contributed by atoms with Crippen molar-refractivity contribution in [3.63, 3.8) is 0 Å². The molecule has 0 aliphatic heterocycles. The Morgan fingerprint density at radius 3 is 2.00 bits per heavy atom. The number of nitrogens with two attached hydrogens (primary N) is 1. The molecular formula is C13H24N2O. The average Bonchev–Trinajstić information content (AvgIpc) is 2.14. The molecule has 4 bridgehead atoms. The molecule has 1 atom stereocenters. The Hall–Kier alpha value is -0.120. The monoisotopic (exact) mass is 224 g/mol. The van der Waals surface area contributed by atoms with Gasteiger partial charge in [-0.25, -0.2) is 0 Å². The molecule has 16 heavy (non-hydrogen) atoms. The highest BCUT2D eigenvalue weighted by Gasteiger charge is 2.57. The summed E-state index contributed by atoms with van der Waals surface area (Å²) in [6, 6.07) is 0. The molecule has 4 aliphatic rings. The van der Waals surface area contributed by atoms with Crippen LogP contribution in [0.5, 0.6) is 0 Å². The zero-order valence-corrected chi connectivity index (χ0v) is 10.2. The molecule has 1 unspecified atom stereocenters. The molecule has 0 aromatic carbocycles. The molecule has 4 rings (SSSR count). The molecule has 0 saturated heterocycles. The largest absolute Gasteiger partial charge is 0.388 e. The Morgan fingerprint density at radius 2 is 1.62 bits per heavy atom. The van der Waals surface area contributed by atoms with Gasteiger partial charge in [-0.05, 0) is 63.2 Å². The van der Waals surface area contributed by atoms with E-state index in [9.17, 15) is 5.11 Å². The summed E-state index contributed by atoms with van der Waals surface area (Å²) in [5.74, 6) is 8.08. The highest BCUT2D eigenvalue weighted by atomic mass is 16.3. The molecule has 0 aromatic rings. The van der Waals surface area contributed by atoms with Crippen molar-refractivity contribution in [2.45, 2.75) is 51.0 Å². The van der Waals surface area contributed by atoms with Crippen LogP contribution < -0.4 is 11.3 Å². The van der Waals surface area contributed by atoms with Crippen molar-refractivity contribution >= 4 is 0 Å². The van der Waals surface area contributed by atoms with Gasteiger partial charge in [0.25, 0.3) is 0 Å². The Labute approximate surface area is 97.8 Å². The summed E-state index contributed by atoms with van der Waals surface area (Å²) in [6.45, 7) is 2.51. The molecule has 4 aliphatic carbocycles. The molecule has 92 valence electrons. The van der Waals surface area contributed by atoms with Gasteiger partial charge in [-0.2, -0.15) is 0 Å². The van der Waals surface area contributed by atoms with E-state index in [4.69, 9.17) is 5.84 Å². The normalized spacial score (nSPS) is 49.3. The summed E-state index contributed by atoms with van der Waals surface area (Å²) in [5.41, 5.74) is 2.22. The summed E-state index contributed by atoms with van der Waals surface area (Å²) in [5, 5.41) is 10.7. The first kappa shape index (κ1) is 11.0. The van der Waals surface area contributed by atoms with Crippen molar-refractivity contribution in [3.8, 4) is 0 Å². The average molecular weight is 224 g/mol. The predicted octanol–water partition coefficient (Wildman–Crippen LogP) is 1.42. The van der Waals surface area contributed by atoms with Crippen LogP contribution in [-0.2, 0) is 0 Å². The lowest BCUT2D eigenvalue weighted by atomic mass is 9.45. The van der Waals surface area contributed by atoms with Gasteiger partial charge in [-0.15, -0.1) is 0 Å². The van der Waals surface area contributed by atoms with Crippen molar-refractivity contribution in [2.24, 2.45) is 29.0 Å². The van der Waals surface area contributed by atoms with Crippen molar-refractivity contribution in [1.29, 1.82) is 0 Å². The van der Waals surface area contributed by atoms with Gasteiger partial charge in [0.15, 0.2) is 0 Å². The molecule has 4 fully saturated rings. The van der Waals surface area contributed by atoms with E-state index in [1.807, 2.05) is 6.92 Å². The predicted molar refractivity (Wildman–Crippen MR) is 63.4 cm³/mol. The SMILES string of the molecule is CC(O)(CNN)C12CC3CC(CC(C3)C1)C2. The van der Waals surface area contributed by atoms with Gasteiger partial charge in [0.1, 0.15) is 0 Å².